The molecule has 1 aromatic carbocycles. The van der Waals surface area contributed by atoms with Gasteiger partial charge in [0.1, 0.15) is 0 Å². The van der Waals surface area contributed by atoms with E-state index in [4.69, 9.17) is 10.5 Å². The summed E-state index contributed by atoms with van der Waals surface area (Å²) in [5, 5.41) is 0. The highest BCUT2D eigenvalue weighted by atomic mass is 32.2. The lowest BCUT2D eigenvalue weighted by molar-refractivity contribution is -0.0555. The minimum absolute atomic E-state index is 0.242. The van der Waals surface area contributed by atoms with Crippen LogP contribution in [0.5, 0.6) is 0 Å². The van der Waals surface area contributed by atoms with Crippen molar-refractivity contribution in [3.05, 3.63) is 24.3 Å². The molecule has 1 aromatic rings. The van der Waals surface area contributed by atoms with Crippen LogP contribution < -0.4 is 5.73 Å². The van der Waals surface area contributed by atoms with E-state index in [1.165, 1.54) is 49.8 Å². The number of benzene rings is 1. The molecule has 1 atom stereocenters. The topological polar surface area (TPSA) is 35.2 Å². The minimum atomic E-state index is 0.242. The average molecular weight is 277 g/mol. The molecule has 104 valence electrons. The van der Waals surface area contributed by atoms with Crippen LogP contribution in [-0.2, 0) is 4.74 Å². The maximum absolute atomic E-state index is 6.39. The summed E-state index contributed by atoms with van der Waals surface area (Å²) in [6.07, 6.45) is 9.57. The Morgan fingerprint density at radius 1 is 1.16 bits per heavy atom. The second kappa shape index (κ2) is 5.76. The molecule has 3 rings (SSSR count). The third-order valence-corrected chi connectivity index (χ3v) is 5.67. The number of nitrogens with two attached hydrogens (primary N) is 1. The van der Waals surface area contributed by atoms with Crippen molar-refractivity contribution in [2.24, 2.45) is 0 Å². The number of anilines is 1. The van der Waals surface area contributed by atoms with E-state index in [2.05, 4.69) is 12.1 Å². The number of hydrogen-bond donors (Lipinski definition) is 1. The molecule has 2 N–H and O–H groups in total. The van der Waals surface area contributed by atoms with Gasteiger partial charge in [0.2, 0.25) is 0 Å². The number of ether oxygens (including phenoxy) is 1. The zero-order valence-electron chi connectivity index (χ0n) is 11.4. The van der Waals surface area contributed by atoms with Gasteiger partial charge in [0.25, 0.3) is 0 Å². The van der Waals surface area contributed by atoms with Crippen molar-refractivity contribution in [1.29, 1.82) is 0 Å². The van der Waals surface area contributed by atoms with Crippen molar-refractivity contribution in [3.63, 3.8) is 0 Å². The van der Waals surface area contributed by atoms with Crippen LogP contribution in [0.4, 0.5) is 5.69 Å². The van der Waals surface area contributed by atoms with E-state index in [0.29, 0.717) is 6.10 Å². The van der Waals surface area contributed by atoms with E-state index in [-0.39, 0.29) is 5.60 Å². The van der Waals surface area contributed by atoms with Crippen LogP contribution in [0.3, 0.4) is 0 Å². The van der Waals surface area contributed by atoms with Crippen molar-refractivity contribution < 1.29 is 4.74 Å². The van der Waals surface area contributed by atoms with Gasteiger partial charge in [0.15, 0.2) is 0 Å². The second-order valence-corrected chi connectivity index (χ2v) is 6.93. The monoisotopic (exact) mass is 277 g/mol. The normalized spacial score (nSPS) is 25.8. The molecule has 0 amide bonds. The van der Waals surface area contributed by atoms with E-state index in [9.17, 15) is 0 Å². The number of hydrogen-bond acceptors (Lipinski definition) is 3. The van der Waals surface area contributed by atoms with Crippen molar-refractivity contribution in [3.8, 4) is 0 Å². The molecule has 2 aliphatic rings. The zero-order chi connectivity index (χ0) is 13.1. The largest absolute Gasteiger partial charge is 0.398 e. The molecule has 1 saturated heterocycles. The molecule has 0 aromatic heterocycles. The molecule has 1 heterocycles. The molecule has 3 heteroatoms. The van der Waals surface area contributed by atoms with Crippen LogP contribution in [0.1, 0.15) is 44.9 Å². The highest BCUT2D eigenvalue weighted by Crippen LogP contribution is 2.43. The fraction of sp³-hybridized carbons (Fsp3) is 0.625. The van der Waals surface area contributed by atoms with Crippen LogP contribution in [0, 0.1) is 0 Å². The molecule has 1 unspecified atom stereocenters. The average Bonchev–Trinajstić information content (AvgIpc) is 2.82. The van der Waals surface area contributed by atoms with Crippen molar-refractivity contribution in [2.45, 2.75) is 61.5 Å². The maximum Gasteiger partial charge on any atom is 0.0687 e. The van der Waals surface area contributed by atoms with Crippen molar-refractivity contribution in [1.82, 2.24) is 0 Å². The Morgan fingerprint density at radius 2 is 1.95 bits per heavy atom. The lowest BCUT2D eigenvalue weighted by atomic mass is 9.83. The van der Waals surface area contributed by atoms with Gasteiger partial charge in [-0.15, -0.1) is 11.8 Å². The van der Waals surface area contributed by atoms with Gasteiger partial charge in [-0.1, -0.05) is 31.4 Å². The molecule has 1 aliphatic heterocycles. The molecule has 19 heavy (non-hydrogen) atoms. The van der Waals surface area contributed by atoms with Gasteiger partial charge in [0, 0.05) is 16.3 Å². The van der Waals surface area contributed by atoms with Gasteiger partial charge < -0.3 is 10.5 Å². The molecule has 2 nitrogen and oxygen atoms in total. The van der Waals surface area contributed by atoms with Crippen molar-refractivity contribution >= 4 is 17.4 Å². The fourth-order valence-corrected chi connectivity index (χ4v) is 4.38. The first-order chi connectivity index (χ1) is 9.27. The first kappa shape index (κ1) is 13.3. The van der Waals surface area contributed by atoms with Crippen LogP contribution in [0.15, 0.2) is 29.2 Å². The molecule has 2 fully saturated rings. The quantitative estimate of drug-likeness (QED) is 0.663. The maximum atomic E-state index is 6.39. The highest BCUT2D eigenvalue weighted by molar-refractivity contribution is 7.99. The Kier molecular flexibility index (Phi) is 4.04. The highest BCUT2D eigenvalue weighted by Gasteiger charge is 2.40. The number of nitrogen functional groups attached to an aromatic ring is 1. The van der Waals surface area contributed by atoms with Crippen molar-refractivity contribution in [2.75, 3.05) is 11.5 Å². The first-order valence-corrected chi connectivity index (χ1v) is 8.41. The summed E-state index contributed by atoms with van der Waals surface area (Å²) in [7, 11) is 0. The first-order valence-electron chi connectivity index (χ1n) is 7.43. The summed E-state index contributed by atoms with van der Waals surface area (Å²) in [5.74, 6) is 1.04. The summed E-state index contributed by atoms with van der Waals surface area (Å²) in [6.45, 7) is 0. The predicted molar refractivity (Wildman–Crippen MR) is 81.5 cm³/mol. The lowest BCUT2D eigenvalue weighted by Gasteiger charge is -2.33. The van der Waals surface area contributed by atoms with Crippen LogP contribution >= 0.6 is 11.8 Å². The molecule has 1 aliphatic carbocycles. The standard InChI is InChI=1S/C16H23NOS/c17-14-6-2-3-7-15(14)19-12-13-8-11-16(18-13)9-4-1-5-10-16/h2-3,6-7,13H,1,4-5,8-12,17H2. The molecule has 0 radical (unpaired) electrons. The van der Waals surface area contributed by atoms with Gasteiger partial charge >= 0.3 is 0 Å². The van der Waals surface area contributed by atoms with E-state index in [1.807, 2.05) is 23.9 Å². The zero-order valence-corrected chi connectivity index (χ0v) is 12.3. The van der Waals surface area contributed by atoms with Crippen LogP contribution in [-0.4, -0.2) is 17.5 Å². The Hall–Kier alpha value is -0.670. The smallest absolute Gasteiger partial charge is 0.0687 e. The number of thioether (sulfide) groups is 1. The Morgan fingerprint density at radius 3 is 2.74 bits per heavy atom. The van der Waals surface area contributed by atoms with E-state index >= 15 is 0 Å². The van der Waals surface area contributed by atoms with E-state index in [0.717, 1.165) is 11.4 Å². The summed E-state index contributed by atoms with van der Waals surface area (Å²) < 4.78 is 6.39. The Balaban J connectivity index is 1.53. The second-order valence-electron chi connectivity index (χ2n) is 5.87. The van der Waals surface area contributed by atoms with Gasteiger partial charge in [-0.2, -0.15) is 0 Å². The molecular formula is C16H23NOS. The molecule has 1 spiro atoms. The van der Waals surface area contributed by atoms with Crippen LogP contribution in [0.25, 0.3) is 0 Å². The van der Waals surface area contributed by atoms with Crippen LogP contribution in [0.2, 0.25) is 0 Å². The van der Waals surface area contributed by atoms with Gasteiger partial charge in [-0.05, 0) is 37.8 Å². The third-order valence-electron chi connectivity index (χ3n) is 4.45. The molecular weight excluding hydrogens is 254 g/mol. The minimum Gasteiger partial charge on any atom is -0.398 e. The third kappa shape index (κ3) is 3.09. The predicted octanol–water partition coefficient (Wildman–Crippen LogP) is 4.24. The SMILES string of the molecule is Nc1ccccc1SCC1CCC2(CCCCC2)O1. The van der Waals surface area contributed by atoms with E-state index in [1.54, 1.807) is 0 Å². The Labute approximate surface area is 120 Å². The number of para-hydroxylation sites is 1. The summed E-state index contributed by atoms with van der Waals surface area (Å²) >= 11 is 1.84. The summed E-state index contributed by atoms with van der Waals surface area (Å²) in [4.78, 5) is 1.19. The molecule has 1 saturated carbocycles. The Bertz CT molecular complexity index is 429. The fourth-order valence-electron chi connectivity index (χ4n) is 3.37. The van der Waals surface area contributed by atoms with E-state index < -0.39 is 0 Å². The number of rotatable bonds is 3. The van der Waals surface area contributed by atoms with Gasteiger partial charge in [0.05, 0.1) is 11.7 Å². The lowest BCUT2D eigenvalue weighted by Crippen LogP contribution is -2.32. The molecule has 0 bridgehead atoms. The van der Waals surface area contributed by atoms with Gasteiger partial charge in [-0.3, -0.25) is 0 Å². The van der Waals surface area contributed by atoms with Gasteiger partial charge in [-0.25, -0.2) is 0 Å². The summed E-state index contributed by atoms with van der Waals surface area (Å²) in [6, 6.07) is 8.12. The summed E-state index contributed by atoms with van der Waals surface area (Å²) in [5.41, 5.74) is 7.11.